The average molecular weight is 370 g/mol. The fourth-order valence-corrected chi connectivity index (χ4v) is 3.94. The molecule has 0 bridgehead atoms. The maximum Gasteiger partial charge on any atom is 0.156 e. The van der Waals surface area contributed by atoms with Crippen LogP contribution in [-0.4, -0.2) is 42.6 Å². The van der Waals surface area contributed by atoms with E-state index in [-0.39, 0.29) is 0 Å². The van der Waals surface area contributed by atoms with E-state index < -0.39 is 0 Å². The number of hydrogen-bond acceptors (Lipinski definition) is 5. The molecule has 0 amide bonds. The van der Waals surface area contributed by atoms with Crippen molar-refractivity contribution in [1.29, 1.82) is 0 Å². The zero-order valence-electron chi connectivity index (χ0n) is 15.6. The van der Waals surface area contributed by atoms with E-state index in [1.807, 2.05) is 47.5 Å². The summed E-state index contributed by atoms with van der Waals surface area (Å²) in [5.41, 5.74) is 4.46. The molecule has 0 N–H and O–H groups in total. The molecule has 1 saturated heterocycles. The molecule has 5 heterocycles. The lowest BCUT2D eigenvalue weighted by molar-refractivity contribution is 0.196. The Kier molecular flexibility index (Phi) is 4.54. The summed E-state index contributed by atoms with van der Waals surface area (Å²) in [4.78, 5) is 15.5. The molecule has 1 atom stereocenters. The van der Waals surface area contributed by atoms with E-state index in [1.165, 1.54) is 12.0 Å². The zero-order valence-corrected chi connectivity index (χ0v) is 15.6. The standard InChI is InChI=1S/C22H22N6/c1-2-20(15-27(13-1)14-17-5-9-23-10-6-17)22-25-21-4-3-19(16-28(21)26-22)18-7-11-24-12-8-18/h3-12,16,20H,1-2,13-15H2/t20-/m0/s1. The number of fused-ring (bicyclic) bond motifs is 1. The maximum absolute atomic E-state index is 4.82. The third-order valence-electron chi connectivity index (χ3n) is 5.39. The van der Waals surface area contributed by atoms with Crippen molar-refractivity contribution in [2.24, 2.45) is 0 Å². The van der Waals surface area contributed by atoms with Crippen molar-refractivity contribution in [3.05, 3.63) is 78.8 Å². The number of aromatic nitrogens is 5. The van der Waals surface area contributed by atoms with E-state index >= 15 is 0 Å². The Morgan fingerprint density at radius 3 is 2.50 bits per heavy atom. The smallest absolute Gasteiger partial charge is 0.156 e. The van der Waals surface area contributed by atoms with Gasteiger partial charge in [0.25, 0.3) is 0 Å². The minimum Gasteiger partial charge on any atom is -0.298 e. The van der Waals surface area contributed by atoms with Crippen LogP contribution in [0.1, 0.15) is 30.1 Å². The molecule has 1 fully saturated rings. The van der Waals surface area contributed by atoms with Crippen LogP contribution in [0.4, 0.5) is 0 Å². The van der Waals surface area contributed by atoms with Gasteiger partial charge in [-0.1, -0.05) is 0 Å². The summed E-state index contributed by atoms with van der Waals surface area (Å²) in [5, 5.41) is 4.82. The number of piperidine rings is 1. The SMILES string of the molecule is c1cc(CN2CCC[C@H](c3nc4ccc(-c5ccncc5)cn4n3)C2)ccn1. The molecule has 1 aliphatic rings. The Labute approximate surface area is 163 Å². The Hall–Kier alpha value is -3.12. The minimum absolute atomic E-state index is 0.375. The summed E-state index contributed by atoms with van der Waals surface area (Å²) in [6.45, 7) is 3.08. The van der Waals surface area contributed by atoms with Crippen LogP contribution < -0.4 is 0 Å². The molecular formula is C22H22N6. The van der Waals surface area contributed by atoms with Gasteiger partial charge < -0.3 is 0 Å². The molecule has 0 spiro atoms. The van der Waals surface area contributed by atoms with E-state index in [9.17, 15) is 0 Å². The van der Waals surface area contributed by atoms with E-state index in [4.69, 9.17) is 10.1 Å². The average Bonchev–Trinajstić information content (AvgIpc) is 3.19. The van der Waals surface area contributed by atoms with Crippen molar-refractivity contribution in [2.45, 2.75) is 25.3 Å². The molecule has 28 heavy (non-hydrogen) atoms. The highest BCUT2D eigenvalue weighted by Gasteiger charge is 2.24. The lowest BCUT2D eigenvalue weighted by atomic mass is 9.97. The molecule has 140 valence electrons. The van der Waals surface area contributed by atoms with Crippen LogP contribution in [-0.2, 0) is 6.54 Å². The summed E-state index contributed by atoms with van der Waals surface area (Å²) < 4.78 is 1.91. The fourth-order valence-electron chi connectivity index (χ4n) is 3.94. The molecule has 0 aromatic carbocycles. The summed E-state index contributed by atoms with van der Waals surface area (Å²) in [6.07, 6.45) is 11.7. The van der Waals surface area contributed by atoms with Gasteiger partial charge in [0.2, 0.25) is 0 Å². The predicted molar refractivity (Wildman–Crippen MR) is 108 cm³/mol. The monoisotopic (exact) mass is 370 g/mol. The maximum atomic E-state index is 4.82. The highest BCUT2D eigenvalue weighted by molar-refractivity contribution is 5.63. The van der Waals surface area contributed by atoms with Gasteiger partial charge in [-0.2, -0.15) is 5.10 Å². The van der Waals surface area contributed by atoms with Gasteiger partial charge in [0.1, 0.15) is 0 Å². The van der Waals surface area contributed by atoms with E-state index in [1.54, 1.807) is 0 Å². The summed E-state index contributed by atoms with van der Waals surface area (Å²) in [7, 11) is 0. The van der Waals surface area contributed by atoms with Crippen LogP contribution in [0, 0.1) is 0 Å². The normalized spacial score (nSPS) is 17.8. The Morgan fingerprint density at radius 2 is 1.68 bits per heavy atom. The first-order valence-corrected chi connectivity index (χ1v) is 9.73. The Morgan fingerprint density at radius 1 is 0.893 bits per heavy atom. The van der Waals surface area contributed by atoms with E-state index in [0.717, 1.165) is 48.7 Å². The molecule has 5 rings (SSSR count). The van der Waals surface area contributed by atoms with E-state index in [0.29, 0.717) is 5.92 Å². The first-order valence-electron chi connectivity index (χ1n) is 9.73. The third-order valence-corrected chi connectivity index (χ3v) is 5.39. The van der Waals surface area contributed by atoms with Gasteiger partial charge in [-0.25, -0.2) is 9.50 Å². The van der Waals surface area contributed by atoms with Gasteiger partial charge in [0.05, 0.1) is 0 Å². The largest absolute Gasteiger partial charge is 0.298 e. The second-order valence-corrected chi connectivity index (χ2v) is 7.36. The van der Waals surface area contributed by atoms with Crippen LogP contribution in [0.25, 0.3) is 16.8 Å². The predicted octanol–water partition coefficient (Wildman–Crippen LogP) is 3.57. The van der Waals surface area contributed by atoms with Crippen LogP contribution in [0.5, 0.6) is 0 Å². The minimum atomic E-state index is 0.375. The molecule has 0 saturated carbocycles. The first kappa shape index (κ1) is 17.0. The van der Waals surface area contributed by atoms with Gasteiger partial charge >= 0.3 is 0 Å². The van der Waals surface area contributed by atoms with Crippen molar-refractivity contribution < 1.29 is 0 Å². The molecule has 0 unspecified atom stereocenters. The highest BCUT2D eigenvalue weighted by atomic mass is 15.3. The third kappa shape index (κ3) is 3.51. The number of rotatable bonds is 4. The highest BCUT2D eigenvalue weighted by Crippen LogP contribution is 2.27. The number of hydrogen-bond donors (Lipinski definition) is 0. The molecule has 0 radical (unpaired) electrons. The number of nitrogens with zero attached hydrogens (tertiary/aromatic N) is 6. The van der Waals surface area contributed by atoms with Gasteiger partial charge in [-0.3, -0.25) is 14.9 Å². The van der Waals surface area contributed by atoms with E-state index in [2.05, 4.69) is 39.3 Å². The topological polar surface area (TPSA) is 59.2 Å². The number of likely N-dealkylation sites (tertiary alicyclic amines) is 1. The lowest BCUT2D eigenvalue weighted by Gasteiger charge is -2.31. The van der Waals surface area contributed by atoms with Crippen molar-refractivity contribution in [1.82, 2.24) is 29.5 Å². The Balaban J connectivity index is 1.36. The van der Waals surface area contributed by atoms with Crippen LogP contribution in [0.2, 0.25) is 0 Å². The summed E-state index contributed by atoms with van der Waals surface area (Å²) >= 11 is 0. The van der Waals surface area contributed by atoms with Crippen LogP contribution in [0.3, 0.4) is 0 Å². The van der Waals surface area contributed by atoms with Crippen molar-refractivity contribution >= 4 is 5.65 Å². The summed E-state index contributed by atoms with van der Waals surface area (Å²) in [6, 6.07) is 12.3. The van der Waals surface area contributed by atoms with Crippen LogP contribution >= 0.6 is 0 Å². The van der Waals surface area contributed by atoms with Crippen molar-refractivity contribution in [3.63, 3.8) is 0 Å². The van der Waals surface area contributed by atoms with Gasteiger partial charge in [0, 0.05) is 55.6 Å². The first-order chi connectivity index (χ1) is 13.8. The van der Waals surface area contributed by atoms with Gasteiger partial charge in [0.15, 0.2) is 11.5 Å². The fraction of sp³-hybridized carbons (Fsp3) is 0.273. The molecule has 6 nitrogen and oxygen atoms in total. The molecule has 4 aromatic heterocycles. The van der Waals surface area contributed by atoms with Crippen LogP contribution in [0.15, 0.2) is 67.4 Å². The zero-order chi connectivity index (χ0) is 18.8. The molecule has 4 aromatic rings. The second kappa shape index (κ2) is 7.48. The second-order valence-electron chi connectivity index (χ2n) is 7.36. The lowest BCUT2D eigenvalue weighted by Crippen LogP contribution is -2.34. The van der Waals surface area contributed by atoms with Gasteiger partial charge in [-0.15, -0.1) is 0 Å². The number of pyridine rings is 3. The van der Waals surface area contributed by atoms with Gasteiger partial charge in [-0.05, 0) is 66.9 Å². The van der Waals surface area contributed by atoms with Crippen molar-refractivity contribution in [2.75, 3.05) is 13.1 Å². The Bertz CT molecular complexity index is 1060. The quantitative estimate of drug-likeness (QED) is 0.550. The molecule has 0 aliphatic carbocycles. The molecular weight excluding hydrogens is 348 g/mol. The summed E-state index contributed by atoms with van der Waals surface area (Å²) in [5.74, 6) is 1.33. The van der Waals surface area contributed by atoms with Crippen molar-refractivity contribution in [3.8, 4) is 11.1 Å². The molecule has 6 heteroatoms. The molecule has 1 aliphatic heterocycles.